The molecule has 0 aromatic carbocycles. The zero-order valence-electron chi connectivity index (χ0n) is 6.12. The number of rotatable bonds is 1. The van der Waals surface area contributed by atoms with E-state index in [-0.39, 0.29) is 5.15 Å². The molecule has 66 valence electrons. The Labute approximate surface area is 87.3 Å². The molecular weight excluding hydrogens is 231 g/mol. The molecule has 2 rings (SSSR count). The van der Waals surface area contributed by atoms with Crippen molar-refractivity contribution in [3.8, 4) is 0 Å². The number of thiophene rings is 1. The maximum Gasteiger partial charge on any atom is 0.255 e. The van der Waals surface area contributed by atoms with Crippen LogP contribution in [0.2, 0.25) is 5.15 Å². The Morgan fingerprint density at radius 1 is 1.54 bits per heavy atom. The summed E-state index contributed by atoms with van der Waals surface area (Å²) < 4.78 is 0. The average molecular weight is 233 g/mol. The van der Waals surface area contributed by atoms with E-state index in [1.165, 1.54) is 17.5 Å². The molecule has 0 spiro atoms. The third kappa shape index (κ3) is 1.52. The Morgan fingerprint density at radius 2 is 2.31 bits per heavy atom. The van der Waals surface area contributed by atoms with Gasteiger partial charge in [-0.3, -0.25) is 4.79 Å². The van der Waals surface area contributed by atoms with Crippen LogP contribution in [0.25, 0.3) is 10.3 Å². The van der Waals surface area contributed by atoms with Gasteiger partial charge in [0.15, 0.2) is 0 Å². The van der Waals surface area contributed by atoms with Crippen molar-refractivity contribution in [3.63, 3.8) is 0 Å². The zero-order chi connectivity index (χ0) is 9.42. The van der Waals surface area contributed by atoms with Crippen LogP contribution >= 0.6 is 34.5 Å². The Kier molecular flexibility index (Phi) is 2.19. The van der Waals surface area contributed by atoms with Gasteiger partial charge in [-0.15, -0.1) is 11.3 Å². The highest BCUT2D eigenvalue weighted by Gasteiger charge is 2.12. The summed E-state index contributed by atoms with van der Waals surface area (Å²) in [6.45, 7) is 0. The number of nitrogens with zero attached hydrogens (tertiary/aromatic N) is 2. The van der Waals surface area contributed by atoms with Crippen LogP contribution in [-0.2, 0) is 0 Å². The van der Waals surface area contributed by atoms with Crippen LogP contribution in [0.1, 0.15) is 10.4 Å². The van der Waals surface area contributed by atoms with E-state index in [1.807, 2.05) is 0 Å². The summed E-state index contributed by atoms with van der Waals surface area (Å²) in [5.74, 6) is 0. The molecule has 0 bridgehead atoms. The van der Waals surface area contributed by atoms with E-state index in [1.54, 1.807) is 5.38 Å². The molecule has 0 atom stereocenters. The van der Waals surface area contributed by atoms with E-state index in [4.69, 9.17) is 23.2 Å². The van der Waals surface area contributed by atoms with Gasteiger partial charge in [0.1, 0.15) is 15.5 Å². The lowest BCUT2D eigenvalue weighted by molar-refractivity contribution is 0.108. The van der Waals surface area contributed by atoms with E-state index >= 15 is 0 Å². The predicted octanol–water partition coefficient (Wildman–Crippen LogP) is 2.72. The van der Waals surface area contributed by atoms with Crippen LogP contribution in [0, 0.1) is 0 Å². The van der Waals surface area contributed by atoms with Gasteiger partial charge in [0.2, 0.25) is 0 Å². The molecule has 0 N–H and O–H groups in total. The fourth-order valence-electron chi connectivity index (χ4n) is 0.928. The molecule has 0 saturated carbocycles. The monoisotopic (exact) mass is 232 g/mol. The number of fused-ring (bicyclic) bond motifs is 1. The number of carbonyl (C=O) groups is 1. The highest BCUT2D eigenvalue weighted by atomic mass is 35.5. The normalized spacial score (nSPS) is 10.6. The third-order valence-corrected chi connectivity index (χ3v) is 2.73. The molecule has 2 aromatic heterocycles. The van der Waals surface area contributed by atoms with Crippen molar-refractivity contribution in [2.75, 3.05) is 0 Å². The molecule has 2 heterocycles. The lowest BCUT2D eigenvalue weighted by Gasteiger charge is -1.91. The Morgan fingerprint density at radius 3 is 3.00 bits per heavy atom. The van der Waals surface area contributed by atoms with Gasteiger partial charge in [-0.05, 0) is 11.6 Å². The first-order valence-corrected chi connectivity index (χ1v) is 4.91. The Hall–Kier alpha value is -0.710. The standard InChI is InChI=1S/C7H2Cl2N2OS/c8-4-1-10-7-5(11-4)3(2-13-7)6(9)12/h1-2H. The molecule has 3 nitrogen and oxygen atoms in total. The van der Waals surface area contributed by atoms with E-state index < -0.39 is 5.24 Å². The van der Waals surface area contributed by atoms with E-state index in [2.05, 4.69) is 9.97 Å². The minimum atomic E-state index is -0.539. The Balaban J connectivity index is 2.79. The molecular formula is C7H2Cl2N2OS. The number of halogens is 2. The number of hydrogen-bond donors (Lipinski definition) is 0. The van der Waals surface area contributed by atoms with Crippen LogP contribution in [0.5, 0.6) is 0 Å². The molecule has 0 aliphatic heterocycles. The summed E-state index contributed by atoms with van der Waals surface area (Å²) in [4.78, 5) is 19.5. The first kappa shape index (κ1) is 8.87. The van der Waals surface area contributed by atoms with Gasteiger partial charge in [-0.2, -0.15) is 0 Å². The molecule has 13 heavy (non-hydrogen) atoms. The smallest absolute Gasteiger partial charge is 0.255 e. The predicted molar refractivity (Wildman–Crippen MR) is 52.6 cm³/mol. The van der Waals surface area contributed by atoms with Gasteiger partial charge in [-0.1, -0.05) is 11.6 Å². The van der Waals surface area contributed by atoms with Gasteiger partial charge in [-0.25, -0.2) is 9.97 Å². The van der Waals surface area contributed by atoms with Gasteiger partial charge in [0, 0.05) is 5.38 Å². The summed E-state index contributed by atoms with van der Waals surface area (Å²) in [6, 6.07) is 0. The summed E-state index contributed by atoms with van der Waals surface area (Å²) in [7, 11) is 0. The molecule has 0 amide bonds. The van der Waals surface area contributed by atoms with Gasteiger partial charge in [0.25, 0.3) is 5.24 Å². The van der Waals surface area contributed by atoms with Crippen LogP contribution < -0.4 is 0 Å². The number of aromatic nitrogens is 2. The summed E-state index contributed by atoms with van der Waals surface area (Å²) in [5.41, 5.74) is 0.828. The Bertz CT molecular complexity index is 482. The zero-order valence-corrected chi connectivity index (χ0v) is 8.45. The molecule has 6 heteroatoms. The first-order chi connectivity index (χ1) is 6.18. The van der Waals surface area contributed by atoms with E-state index in [0.717, 1.165) is 0 Å². The molecule has 0 saturated heterocycles. The number of hydrogen-bond acceptors (Lipinski definition) is 4. The summed E-state index contributed by atoms with van der Waals surface area (Å²) in [5, 5.41) is 1.34. The fraction of sp³-hybridized carbons (Fsp3) is 0. The summed E-state index contributed by atoms with van der Waals surface area (Å²) in [6.07, 6.45) is 1.43. The summed E-state index contributed by atoms with van der Waals surface area (Å²) >= 11 is 12.3. The van der Waals surface area contributed by atoms with Crippen LogP contribution in [0.3, 0.4) is 0 Å². The van der Waals surface area contributed by atoms with E-state index in [0.29, 0.717) is 15.9 Å². The van der Waals surface area contributed by atoms with Crippen LogP contribution in [-0.4, -0.2) is 15.2 Å². The van der Waals surface area contributed by atoms with Crippen molar-refractivity contribution in [1.82, 2.24) is 9.97 Å². The van der Waals surface area contributed by atoms with Crippen molar-refractivity contribution >= 4 is 50.1 Å². The second-order valence-electron chi connectivity index (χ2n) is 2.27. The van der Waals surface area contributed by atoms with Gasteiger partial charge in [0.05, 0.1) is 11.8 Å². The maximum absolute atomic E-state index is 10.9. The molecule has 0 aliphatic rings. The third-order valence-electron chi connectivity index (χ3n) is 1.46. The van der Waals surface area contributed by atoms with Crippen LogP contribution in [0.4, 0.5) is 0 Å². The molecule has 0 aliphatic carbocycles. The van der Waals surface area contributed by atoms with E-state index in [9.17, 15) is 4.79 Å². The molecule has 0 fully saturated rings. The second kappa shape index (κ2) is 3.21. The van der Waals surface area contributed by atoms with Crippen molar-refractivity contribution in [3.05, 3.63) is 22.3 Å². The minimum Gasteiger partial charge on any atom is -0.275 e. The van der Waals surface area contributed by atoms with Crippen LogP contribution in [0.15, 0.2) is 11.6 Å². The minimum absolute atomic E-state index is 0.255. The quantitative estimate of drug-likeness (QED) is 0.711. The molecule has 0 radical (unpaired) electrons. The lowest BCUT2D eigenvalue weighted by atomic mass is 10.3. The lowest BCUT2D eigenvalue weighted by Crippen LogP contribution is -1.88. The van der Waals surface area contributed by atoms with Crippen molar-refractivity contribution in [2.45, 2.75) is 0 Å². The van der Waals surface area contributed by atoms with Crippen molar-refractivity contribution in [1.29, 1.82) is 0 Å². The maximum atomic E-state index is 10.9. The largest absolute Gasteiger partial charge is 0.275 e. The van der Waals surface area contributed by atoms with Gasteiger partial charge >= 0.3 is 0 Å². The highest BCUT2D eigenvalue weighted by Crippen LogP contribution is 2.24. The molecule has 2 aromatic rings. The average Bonchev–Trinajstić information content (AvgIpc) is 2.46. The second-order valence-corrected chi connectivity index (χ2v) is 3.86. The topological polar surface area (TPSA) is 42.9 Å². The molecule has 0 unspecified atom stereocenters. The fourth-order valence-corrected chi connectivity index (χ4v) is 2.10. The first-order valence-electron chi connectivity index (χ1n) is 3.28. The SMILES string of the molecule is O=C(Cl)c1csc2ncc(Cl)nc12. The van der Waals surface area contributed by atoms with Crippen molar-refractivity contribution in [2.24, 2.45) is 0 Å². The number of carbonyl (C=O) groups excluding carboxylic acids is 1. The van der Waals surface area contributed by atoms with Crippen molar-refractivity contribution < 1.29 is 4.79 Å². The highest BCUT2D eigenvalue weighted by molar-refractivity contribution is 7.17. The van der Waals surface area contributed by atoms with Gasteiger partial charge < -0.3 is 0 Å².